The fraction of sp³-hybridized carbons (Fsp3) is 0.250. The fourth-order valence-corrected chi connectivity index (χ4v) is 2.60. The zero-order valence-corrected chi connectivity index (χ0v) is 14.6. The predicted octanol–water partition coefficient (Wildman–Crippen LogP) is 4.60. The molecule has 0 saturated carbocycles. The largest absolute Gasteiger partial charge is 0.508 e. The van der Waals surface area contributed by atoms with E-state index >= 15 is 0 Å². The Balaban J connectivity index is 2.09. The molecule has 0 spiro atoms. The number of ether oxygens (including phenoxy) is 2. The third-order valence-electron chi connectivity index (χ3n) is 3.94. The van der Waals surface area contributed by atoms with Crippen molar-refractivity contribution in [2.45, 2.75) is 26.2 Å². The van der Waals surface area contributed by atoms with E-state index in [1.54, 1.807) is 19.2 Å². The number of phenols is 1. The van der Waals surface area contributed by atoms with E-state index in [0.29, 0.717) is 16.7 Å². The SMILES string of the molecule is COc1ccc(Oc2coc3cc(O)ccc3c2=O)c(C(C)(C)C)c1. The van der Waals surface area contributed by atoms with E-state index in [9.17, 15) is 9.90 Å². The summed E-state index contributed by atoms with van der Waals surface area (Å²) in [5.41, 5.74) is 0.726. The molecule has 1 N–H and O–H groups in total. The van der Waals surface area contributed by atoms with Crippen LogP contribution in [0.3, 0.4) is 0 Å². The van der Waals surface area contributed by atoms with Crippen LogP contribution < -0.4 is 14.9 Å². The van der Waals surface area contributed by atoms with Gasteiger partial charge in [-0.25, -0.2) is 0 Å². The van der Waals surface area contributed by atoms with Gasteiger partial charge in [0.25, 0.3) is 0 Å². The van der Waals surface area contributed by atoms with Gasteiger partial charge in [0.2, 0.25) is 11.2 Å². The quantitative estimate of drug-likeness (QED) is 0.755. The predicted molar refractivity (Wildman–Crippen MR) is 95.9 cm³/mol. The number of phenolic OH excluding ortho intramolecular Hbond substituents is 1. The van der Waals surface area contributed by atoms with Gasteiger partial charge < -0.3 is 19.0 Å². The van der Waals surface area contributed by atoms with Crippen LogP contribution in [0.15, 0.2) is 51.9 Å². The van der Waals surface area contributed by atoms with Crippen LogP contribution in [0.4, 0.5) is 0 Å². The number of methoxy groups -OCH3 is 1. The van der Waals surface area contributed by atoms with E-state index in [-0.39, 0.29) is 22.3 Å². The monoisotopic (exact) mass is 340 g/mol. The molecule has 0 fully saturated rings. The molecule has 0 aliphatic heterocycles. The smallest absolute Gasteiger partial charge is 0.235 e. The van der Waals surface area contributed by atoms with E-state index in [2.05, 4.69) is 20.8 Å². The average molecular weight is 340 g/mol. The maximum absolute atomic E-state index is 12.6. The molecule has 25 heavy (non-hydrogen) atoms. The lowest BCUT2D eigenvalue weighted by Gasteiger charge is -2.23. The number of benzene rings is 2. The summed E-state index contributed by atoms with van der Waals surface area (Å²) < 4.78 is 16.6. The van der Waals surface area contributed by atoms with E-state index in [1.807, 2.05) is 6.07 Å². The maximum Gasteiger partial charge on any atom is 0.235 e. The van der Waals surface area contributed by atoms with Crippen LogP contribution in [0.25, 0.3) is 11.0 Å². The van der Waals surface area contributed by atoms with Crippen molar-refractivity contribution < 1.29 is 19.0 Å². The van der Waals surface area contributed by atoms with Crippen LogP contribution in [-0.2, 0) is 5.41 Å². The molecular formula is C20H20O5. The molecule has 0 unspecified atom stereocenters. The Bertz CT molecular complexity index is 980. The molecule has 0 aliphatic carbocycles. The van der Waals surface area contributed by atoms with Crippen molar-refractivity contribution in [3.63, 3.8) is 0 Å². The highest BCUT2D eigenvalue weighted by atomic mass is 16.5. The van der Waals surface area contributed by atoms with Gasteiger partial charge in [-0.15, -0.1) is 0 Å². The zero-order valence-electron chi connectivity index (χ0n) is 14.6. The van der Waals surface area contributed by atoms with Crippen molar-refractivity contribution in [1.29, 1.82) is 0 Å². The zero-order chi connectivity index (χ0) is 18.2. The molecule has 0 aliphatic rings. The standard InChI is InChI=1S/C20H20O5/c1-20(2,3)15-10-13(23-4)6-8-16(15)25-18-11-24-17-9-12(21)5-7-14(17)19(18)22/h5-11,21H,1-4H3. The number of fused-ring (bicyclic) bond motifs is 1. The highest BCUT2D eigenvalue weighted by Gasteiger charge is 2.21. The molecule has 2 aromatic carbocycles. The fourth-order valence-electron chi connectivity index (χ4n) is 2.60. The number of hydrogen-bond acceptors (Lipinski definition) is 5. The van der Waals surface area contributed by atoms with Gasteiger partial charge in [0, 0.05) is 11.6 Å². The Labute approximate surface area is 145 Å². The van der Waals surface area contributed by atoms with Crippen LogP contribution in [0.2, 0.25) is 0 Å². The third kappa shape index (κ3) is 3.31. The van der Waals surface area contributed by atoms with Crippen LogP contribution in [0.5, 0.6) is 23.0 Å². The second kappa shape index (κ2) is 6.16. The third-order valence-corrected chi connectivity index (χ3v) is 3.94. The molecule has 1 aromatic heterocycles. The Morgan fingerprint density at radius 3 is 2.48 bits per heavy atom. The van der Waals surface area contributed by atoms with Crippen LogP contribution in [0.1, 0.15) is 26.3 Å². The lowest BCUT2D eigenvalue weighted by molar-refractivity contribution is 0.404. The average Bonchev–Trinajstić information content (AvgIpc) is 2.56. The van der Waals surface area contributed by atoms with Gasteiger partial charge in [0.05, 0.1) is 12.5 Å². The number of aromatic hydroxyl groups is 1. The first-order valence-corrected chi connectivity index (χ1v) is 7.90. The summed E-state index contributed by atoms with van der Waals surface area (Å²) in [5, 5.41) is 9.84. The lowest BCUT2D eigenvalue weighted by atomic mass is 9.86. The first-order chi connectivity index (χ1) is 11.8. The summed E-state index contributed by atoms with van der Waals surface area (Å²) in [6.07, 6.45) is 1.26. The van der Waals surface area contributed by atoms with Crippen molar-refractivity contribution in [3.8, 4) is 23.0 Å². The van der Waals surface area contributed by atoms with Gasteiger partial charge in [0.1, 0.15) is 29.1 Å². The minimum atomic E-state index is -0.295. The highest BCUT2D eigenvalue weighted by Crippen LogP contribution is 2.36. The van der Waals surface area contributed by atoms with E-state index in [0.717, 1.165) is 11.3 Å². The highest BCUT2D eigenvalue weighted by molar-refractivity contribution is 5.79. The summed E-state index contributed by atoms with van der Waals surface area (Å²) >= 11 is 0. The van der Waals surface area contributed by atoms with E-state index in [4.69, 9.17) is 13.9 Å². The molecule has 1 heterocycles. The molecule has 0 atom stereocenters. The van der Waals surface area contributed by atoms with Crippen molar-refractivity contribution in [2.75, 3.05) is 7.11 Å². The molecule has 3 rings (SSSR count). The summed E-state index contributed by atoms with van der Waals surface area (Å²) in [7, 11) is 1.61. The van der Waals surface area contributed by atoms with Gasteiger partial charge >= 0.3 is 0 Å². The van der Waals surface area contributed by atoms with Crippen LogP contribution >= 0.6 is 0 Å². The summed E-state index contributed by atoms with van der Waals surface area (Å²) in [6.45, 7) is 6.17. The summed E-state index contributed by atoms with van der Waals surface area (Å²) in [5.74, 6) is 1.42. The molecule has 130 valence electrons. The van der Waals surface area contributed by atoms with Crippen molar-refractivity contribution >= 4 is 11.0 Å². The van der Waals surface area contributed by atoms with Crippen LogP contribution in [0, 0.1) is 0 Å². The van der Waals surface area contributed by atoms with Gasteiger partial charge in [-0.3, -0.25) is 4.79 Å². The first kappa shape index (κ1) is 16.9. The second-order valence-corrected chi connectivity index (χ2v) is 6.82. The molecule has 0 bridgehead atoms. The Morgan fingerprint density at radius 2 is 1.80 bits per heavy atom. The Kier molecular flexibility index (Phi) is 4.17. The normalized spacial score (nSPS) is 11.5. The molecular weight excluding hydrogens is 320 g/mol. The first-order valence-electron chi connectivity index (χ1n) is 7.90. The summed E-state index contributed by atoms with van der Waals surface area (Å²) in [4.78, 5) is 12.6. The van der Waals surface area contributed by atoms with Gasteiger partial charge in [-0.1, -0.05) is 20.8 Å². The Hall–Kier alpha value is -2.95. The van der Waals surface area contributed by atoms with Crippen molar-refractivity contribution in [2.24, 2.45) is 0 Å². The maximum atomic E-state index is 12.6. The van der Waals surface area contributed by atoms with E-state index < -0.39 is 0 Å². The van der Waals surface area contributed by atoms with Gasteiger partial charge in [0.15, 0.2) is 0 Å². The van der Waals surface area contributed by atoms with Gasteiger partial charge in [-0.2, -0.15) is 0 Å². The summed E-state index contributed by atoms with van der Waals surface area (Å²) in [6, 6.07) is 9.81. The lowest BCUT2D eigenvalue weighted by Crippen LogP contribution is -2.14. The molecule has 0 radical (unpaired) electrons. The second-order valence-electron chi connectivity index (χ2n) is 6.82. The minimum Gasteiger partial charge on any atom is -0.508 e. The molecule has 0 saturated heterocycles. The van der Waals surface area contributed by atoms with Crippen LogP contribution in [-0.4, -0.2) is 12.2 Å². The number of hydrogen-bond donors (Lipinski definition) is 1. The molecule has 3 aromatic rings. The molecule has 5 nitrogen and oxygen atoms in total. The molecule has 0 amide bonds. The van der Waals surface area contributed by atoms with Gasteiger partial charge in [-0.05, 0) is 35.7 Å². The van der Waals surface area contributed by atoms with E-state index in [1.165, 1.54) is 24.5 Å². The topological polar surface area (TPSA) is 68.9 Å². The van der Waals surface area contributed by atoms with Crippen molar-refractivity contribution in [3.05, 3.63) is 58.4 Å². The minimum absolute atomic E-state index is 0.0366. The molecule has 5 heteroatoms. The Morgan fingerprint density at radius 1 is 1.04 bits per heavy atom. The number of rotatable bonds is 3. The van der Waals surface area contributed by atoms with Crippen molar-refractivity contribution in [1.82, 2.24) is 0 Å².